The fraction of sp³-hybridized carbons (Fsp3) is 0.556. The van der Waals surface area contributed by atoms with Crippen molar-refractivity contribution in [1.29, 1.82) is 0 Å². The first kappa shape index (κ1) is 21.7. The van der Waals surface area contributed by atoms with E-state index in [9.17, 15) is 4.79 Å². The number of methoxy groups -OCH3 is 1. The van der Waals surface area contributed by atoms with Crippen LogP contribution in [0.3, 0.4) is 0 Å². The van der Waals surface area contributed by atoms with Crippen LogP contribution < -0.4 is 16.0 Å². The summed E-state index contributed by atoms with van der Waals surface area (Å²) in [5.74, 6) is 0.579. The van der Waals surface area contributed by atoms with E-state index in [2.05, 4.69) is 45.2 Å². The van der Waals surface area contributed by atoms with Crippen molar-refractivity contribution in [1.82, 2.24) is 16.0 Å². The van der Waals surface area contributed by atoms with Gasteiger partial charge in [-0.2, -0.15) is 0 Å². The van der Waals surface area contributed by atoms with Crippen molar-refractivity contribution in [3.05, 3.63) is 35.9 Å². The lowest BCUT2D eigenvalue weighted by molar-refractivity contribution is -0.120. The van der Waals surface area contributed by atoms with Crippen LogP contribution in [0.15, 0.2) is 35.3 Å². The van der Waals surface area contributed by atoms with Crippen LogP contribution >= 0.6 is 24.0 Å². The normalized spacial score (nSPS) is 15.5. The topological polar surface area (TPSA) is 74.8 Å². The van der Waals surface area contributed by atoms with Crippen molar-refractivity contribution in [2.24, 2.45) is 4.99 Å². The second-order valence-electron chi connectivity index (χ2n) is 6.12. The Hall–Kier alpha value is -1.35. The second-order valence-corrected chi connectivity index (χ2v) is 6.12. The summed E-state index contributed by atoms with van der Waals surface area (Å²) < 4.78 is 4.90. The van der Waals surface area contributed by atoms with Gasteiger partial charge in [0.05, 0.1) is 13.2 Å². The van der Waals surface area contributed by atoms with Gasteiger partial charge in [-0.1, -0.05) is 36.8 Å². The van der Waals surface area contributed by atoms with Gasteiger partial charge >= 0.3 is 0 Å². The number of ether oxygens (including phenoxy) is 1. The Morgan fingerprint density at radius 2 is 1.92 bits per heavy atom. The van der Waals surface area contributed by atoms with E-state index < -0.39 is 0 Å². The monoisotopic (exact) mass is 460 g/mol. The molecule has 0 saturated heterocycles. The third-order valence-electron chi connectivity index (χ3n) is 4.56. The zero-order chi connectivity index (χ0) is 17.3. The molecule has 0 atom stereocenters. The number of carbonyl (C=O) groups is 1. The Labute approximate surface area is 167 Å². The van der Waals surface area contributed by atoms with Crippen molar-refractivity contribution in [3.8, 4) is 0 Å². The minimum absolute atomic E-state index is 0. The van der Waals surface area contributed by atoms with Crippen LogP contribution in [0.25, 0.3) is 0 Å². The summed E-state index contributed by atoms with van der Waals surface area (Å²) in [6.07, 6.45) is 3.61. The van der Waals surface area contributed by atoms with E-state index in [4.69, 9.17) is 4.74 Å². The predicted molar refractivity (Wildman–Crippen MR) is 112 cm³/mol. The number of amides is 1. The first-order chi connectivity index (χ1) is 11.7. The minimum Gasteiger partial charge on any atom is -0.383 e. The molecule has 0 radical (unpaired) electrons. The molecule has 1 aliphatic carbocycles. The Bertz CT molecular complexity index is 547. The molecule has 25 heavy (non-hydrogen) atoms. The van der Waals surface area contributed by atoms with E-state index in [1.54, 1.807) is 14.2 Å². The van der Waals surface area contributed by atoms with Gasteiger partial charge < -0.3 is 20.7 Å². The molecule has 1 aromatic rings. The summed E-state index contributed by atoms with van der Waals surface area (Å²) in [6.45, 7) is 2.04. The summed E-state index contributed by atoms with van der Waals surface area (Å²) >= 11 is 0. The van der Waals surface area contributed by atoms with E-state index >= 15 is 0 Å². The smallest absolute Gasteiger partial charge is 0.239 e. The maximum Gasteiger partial charge on any atom is 0.239 e. The SMILES string of the molecule is CN=C(NCC(=O)NCCOC)NCC1(c2ccccc2)CCC1.I. The lowest BCUT2D eigenvalue weighted by Crippen LogP contribution is -2.50. The highest BCUT2D eigenvalue weighted by Gasteiger charge is 2.38. The van der Waals surface area contributed by atoms with Crippen molar-refractivity contribution < 1.29 is 9.53 Å². The molecular formula is C18H29IN4O2. The number of rotatable bonds is 8. The number of carbonyl (C=O) groups excluding carboxylic acids is 1. The fourth-order valence-corrected chi connectivity index (χ4v) is 2.96. The van der Waals surface area contributed by atoms with E-state index in [0.29, 0.717) is 19.1 Å². The molecule has 140 valence electrons. The first-order valence-corrected chi connectivity index (χ1v) is 8.46. The highest BCUT2D eigenvalue weighted by atomic mass is 127. The highest BCUT2D eigenvalue weighted by Crippen LogP contribution is 2.43. The van der Waals surface area contributed by atoms with Crippen molar-refractivity contribution in [2.45, 2.75) is 24.7 Å². The van der Waals surface area contributed by atoms with E-state index in [1.807, 2.05) is 6.07 Å². The summed E-state index contributed by atoms with van der Waals surface area (Å²) in [5.41, 5.74) is 1.55. The standard InChI is InChI=1S/C18H28N4O2.HI/c1-19-17(21-13-16(23)20-11-12-24-2)22-14-18(9-6-10-18)15-7-4-3-5-8-15;/h3-5,7-8H,6,9-14H2,1-2H3,(H,20,23)(H2,19,21,22);1H. The molecule has 0 unspecified atom stereocenters. The lowest BCUT2D eigenvalue weighted by atomic mass is 9.64. The van der Waals surface area contributed by atoms with E-state index in [0.717, 1.165) is 6.54 Å². The van der Waals surface area contributed by atoms with Crippen LogP contribution in [0.1, 0.15) is 24.8 Å². The molecule has 1 fully saturated rings. The van der Waals surface area contributed by atoms with Gasteiger partial charge in [0.25, 0.3) is 0 Å². The third kappa shape index (κ3) is 6.47. The summed E-state index contributed by atoms with van der Waals surface area (Å²) in [6, 6.07) is 10.6. The van der Waals surface area contributed by atoms with Crippen LogP contribution in [-0.4, -0.2) is 52.3 Å². The number of guanidine groups is 1. The zero-order valence-electron chi connectivity index (χ0n) is 15.0. The van der Waals surface area contributed by atoms with Crippen LogP contribution in [0.2, 0.25) is 0 Å². The van der Waals surface area contributed by atoms with Crippen LogP contribution in [0.5, 0.6) is 0 Å². The number of nitrogens with zero attached hydrogens (tertiary/aromatic N) is 1. The zero-order valence-corrected chi connectivity index (χ0v) is 17.3. The Kier molecular flexibility index (Phi) is 9.81. The van der Waals surface area contributed by atoms with Gasteiger partial charge in [0.15, 0.2) is 5.96 Å². The van der Waals surface area contributed by atoms with Gasteiger partial charge in [-0.25, -0.2) is 0 Å². The van der Waals surface area contributed by atoms with Gasteiger partial charge in [0.2, 0.25) is 5.91 Å². The predicted octanol–water partition coefficient (Wildman–Crippen LogP) is 1.65. The second kappa shape index (κ2) is 11.3. The molecule has 1 amide bonds. The van der Waals surface area contributed by atoms with Crippen molar-refractivity contribution >= 4 is 35.8 Å². The third-order valence-corrected chi connectivity index (χ3v) is 4.56. The van der Waals surface area contributed by atoms with Crippen LogP contribution in [0.4, 0.5) is 0 Å². The molecule has 7 heteroatoms. The molecule has 0 bridgehead atoms. The van der Waals surface area contributed by atoms with Gasteiger partial charge in [-0.05, 0) is 18.4 Å². The number of benzene rings is 1. The fourth-order valence-electron chi connectivity index (χ4n) is 2.96. The van der Waals surface area contributed by atoms with E-state index in [1.165, 1.54) is 24.8 Å². The molecule has 1 aliphatic rings. The molecule has 1 aromatic carbocycles. The molecule has 0 aromatic heterocycles. The maximum absolute atomic E-state index is 11.7. The molecule has 2 rings (SSSR count). The summed E-state index contributed by atoms with van der Waals surface area (Å²) in [7, 11) is 3.33. The van der Waals surface area contributed by atoms with Crippen molar-refractivity contribution in [3.63, 3.8) is 0 Å². The number of halogens is 1. The Morgan fingerprint density at radius 1 is 1.20 bits per heavy atom. The number of hydrogen-bond acceptors (Lipinski definition) is 3. The first-order valence-electron chi connectivity index (χ1n) is 8.46. The van der Waals surface area contributed by atoms with Crippen LogP contribution in [0, 0.1) is 0 Å². The van der Waals surface area contributed by atoms with Gasteiger partial charge in [0.1, 0.15) is 0 Å². The Balaban J connectivity index is 0.00000312. The van der Waals surface area contributed by atoms with E-state index in [-0.39, 0.29) is 41.8 Å². The molecule has 0 heterocycles. The largest absolute Gasteiger partial charge is 0.383 e. The maximum atomic E-state index is 11.7. The quantitative estimate of drug-likeness (QED) is 0.239. The highest BCUT2D eigenvalue weighted by molar-refractivity contribution is 14.0. The average molecular weight is 460 g/mol. The number of nitrogens with one attached hydrogen (secondary N) is 3. The average Bonchev–Trinajstić information content (AvgIpc) is 2.57. The summed E-state index contributed by atoms with van der Waals surface area (Å²) in [4.78, 5) is 15.9. The molecular weight excluding hydrogens is 431 g/mol. The number of aliphatic imine (C=N–C) groups is 1. The Morgan fingerprint density at radius 3 is 2.48 bits per heavy atom. The minimum atomic E-state index is -0.0728. The lowest BCUT2D eigenvalue weighted by Gasteiger charge is -2.43. The number of hydrogen-bond donors (Lipinski definition) is 3. The molecule has 1 saturated carbocycles. The molecule has 3 N–H and O–H groups in total. The molecule has 0 spiro atoms. The van der Waals surface area contributed by atoms with Gasteiger partial charge in [-0.3, -0.25) is 9.79 Å². The van der Waals surface area contributed by atoms with Gasteiger partial charge in [-0.15, -0.1) is 24.0 Å². The van der Waals surface area contributed by atoms with Crippen molar-refractivity contribution in [2.75, 3.05) is 40.4 Å². The summed E-state index contributed by atoms with van der Waals surface area (Å²) in [5, 5.41) is 9.20. The van der Waals surface area contributed by atoms with Crippen LogP contribution in [-0.2, 0) is 14.9 Å². The molecule has 6 nitrogen and oxygen atoms in total. The van der Waals surface area contributed by atoms with Gasteiger partial charge in [0, 0.05) is 32.7 Å². The molecule has 0 aliphatic heterocycles.